The van der Waals surface area contributed by atoms with Crippen LogP contribution in [0.3, 0.4) is 0 Å². The summed E-state index contributed by atoms with van der Waals surface area (Å²) in [5, 5.41) is 11.2. The Bertz CT molecular complexity index is 439. The molecule has 0 aliphatic rings. The molecule has 0 radical (unpaired) electrons. The third-order valence-corrected chi connectivity index (χ3v) is 3.05. The molecule has 92 valence electrons. The van der Waals surface area contributed by atoms with Crippen LogP contribution in [-0.4, -0.2) is 30.6 Å². The molecule has 0 aliphatic heterocycles. The minimum Gasteiger partial charge on any atom is -0.481 e. The van der Waals surface area contributed by atoms with Crippen LogP contribution in [-0.2, 0) is 4.79 Å². The van der Waals surface area contributed by atoms with Gasteiger partial charge in [0.15, 0.2) is 6.61 Å². The summed E-state index contributed by atoms with van der Waals surface area (Å²) in [5.74, 6) is -0.922. The molecule has 0 aliphatic carbocycles. The van der Waals surface area contributed by atoms with E-state index in [1.165, 1.54) is 19.2 Å². The third-order valence-electron chi connectivity index (χ3n) is 1.87. The molecule has 0 bridgehead atoms. The van der Waals surface area contributed by atoms with Gasteiger partial charge in [0.1, 0.15) is 5.75 Å². The number of hydrogen-bond donors (Lipinski definition) is 2. The van der Waals surface area contributed by atoms with Crippen molar-refractivity contribution >= 4 is 43.7 Å². The van der Waals surface area contributed by atoms with Gasteiger partial charge in [-0.05, 0) is 44.0 Å². The number of nitrogens with one attached hydrogen (secondary N) is 1. The molecule has 0 heterocycles. The Kier molecular flexibility index (Phi) is 4.95. The summed E-state index contributed by atoms with van der Waals surface area (Å²) in [6.07, 6.45) is 0. The molecule has 7 heteroatoms. The predicted molar refractivity (Wildman–Crippen MR) is 68.4 cm³/mol. The molecule has 0 unspecified atom stereocenters. The fraction of sp³-hybridized carbons (Fsp3) is 0.200. The molecule has 0 fully saturated rings. The van der Waals surface area contributed by atoms with E-state index in [2.05, 4.69) is 37.2 Å². The summed E-state index contributed by atoms with van der Waals surface area (Å²) in [6.45, 7) is -0.139. The van der Waals surface area contributed by atoms with Gasteiger partial charge in [0.05, 0.1) is 14.5 Å². The van der Waals surface area contributed by atoms with E-state index in [4.69, 9.17) is 9.84 Å². The Morgan fingerprint density at radius 1 is 1.35 bits per heavy atom. The summed E-state index contributed by atoms with van der Waals surface area (Å²) in [6, 6.07) is 2.82. The minimum atomic E-state index is -1.04. The van der Waals surface area contributed by atoms with Crippen molar-refractivity contribution in [1.29, 1.82) is 0 Å². The molecule has 1 aromatic rings. The van der Waals surface area contributed by atoms with Gasteiger partial charge < -0.3 is 15.2 Å². The van der Waals surface area contributed by atoms with Crippen LogP contribution in [0, 0.1) is 0 Å². The molecule has 17 heavy (non-hydrogen) atoms. The van der Waals surface area contributed by atoms with Gasteiger partial charge in [0, 0.05) is 7.05 Å². The van der Waals surface area contributed by atoms with Crippen LogP contribution >= 0.6 is 31.9 Å². The number of hydrogen-bond acceptors (Lipinski definition) is 3. The molecule has 5 nitrogen and oxygen atoms in total. The van der Waals surface area contributed by atoms with Crippen molar-refractivity contribution in [3.8, 4) is 5.75 Å². The van der Waals surface area contributed by atoms with E-state index in [1.807, 2.05) is 0 Å². The molecule has 0 atom stereocenters. The molecule has 1 rings (SSSR count). The van der Waals surface area contributed by atoms with E-state index in [0.29, 0.717) is 14.7 Å². The number of rotatable bonds is 4. The second-order valence-electron chi connectivity index (χ2n) is 3.04. The zero-order valence-electron chi connectivity index (χ0n) is 8.79. The second-order valence-corrected chi connectivity index (χ2v) is 4.74. The van der Waals surface area contributed by atoms with Crippen LogP contribution in [0.15, 0.2) is 21.1 Å². The summed E-state index contributed by atoms with van der Waals surface area (Å²) in [7, 11) is 1.50. The number of halogens is 2. The quantitative estimate of drug-likeness (QED) is 0.854. The number of carbonyl (C=O) groups excluding carboxylic acids is 1. The monoisotopic (exact) mass is 365 g/mol. The average molecular weight is 367 g/mol. The van der Waals surface area contributed by atoms with E-state index in [1.54, 1.807) is 0 Å². The van der Waals surface area contributed by atoms with E-state index >= 15 is 0 Å². The average Bonchev–Trinajstić information content (AvgIpc) is 2.27. The third kappa shape index (κ3) is 3.71. The van der Waals surface area contributed by atoms with Crippen LogP contribution in [0.4, 0.5) is 0 Å². The topological polar surface area (TPSA) is 75.6 Å². The van der Waals surface area contributed by atoms with Gasteiger partial charge in [0.2, 0.25) is 0 Å². The zero-order chi connectivity index (χ0) is 13.0. The molecule has 0 spiro atoms. The first-order valence-corrected chi connectivity index (χ1v) is 6.10. The Balaban J connectivity index is 2.94. The van der Waals surface area contributed by atoms with E-state index < -0.39 is 5.97 Å². The number of aromatic carboxylic acids is 1. The lowest BCUT2D eigenvalue weighted by Crippen LogP contribution is -2.25. The summed E-state index contributed by atoms with van der Waals surface area (Å²) >= 11 is 6.38. The smallest absolute Gasteiger partial charge is 0.335 e. The molecule has 1 amide bonds. The summed E-state index contributed by atoms with van der Waals surface area (Å²) in [5.41, 5.74) is 0.121. The number of carboxylic acids is 1. The summed E-state index contributed by atoms with van der Waals surface area (Å²) in [4.78, 5) is 21.8. The largest absolute Gasteiger partial charge is 0.481 e. The van der Waals surface area contributed by atoms with Crippen molar-refractivity contribution in [3.63, 3.8) is 0 Å². The number of amides is 1. The fourth-order valence-corrected chi connectivity index (χ4v) is 2.45. The molecular formula is C10H9Br2NO4. The molecule has 0 aromatic heterocycles. The number of carboxylic acid groups (broad SMARTS) is 1. The van der Waals surface area contributed by atoms with Crippen LogP contribution in [0.25, 0.3) is 0 Å². The highest BCUT2D eigenvalue weighted by Crippen LogP contribution is 2.34. The van der Waals surface area contributed by atoms with Crippen LogP contribution in [0.5, 0.6) is 5.75 Å². The van der Waals surface area contributed by atoms with E-state index in [-0.39, 0.29) is 18.1 Å². The number of likely N-dealkylation sites (N-methyl/N-ethyl adjacent to an activating group) is 1. The van der Waals surface area contributed by atoms with E-state index in [9.17, 15) is 9.59 Å². The van der Waals surface area contributed by atoms with Crippen molar-refractivity contribution in [2.75, 3.05) is 13.7 Å². The van der Waals surface area contributed by atoms with Crippen LogP contribution < -0.4 is 10.1 Å². The van der Waals surface area contributed by atoms with Gasteiger partial charge >= 0.3 is 5.97 Å². The minimum absolute atomic E-state index is 0.121. The van der Waals surface area contributed by atoms with Crippen molar-refractivity contribution in [3.05, 3.63) is 26.6 Å². The van der Waals surface area contributed by atoms with Crippen molar-refractivity contribution < 1.29 is 19.4 Å². The lowest BCUT2D eigenvalue weighted by Gasteiger charge is -2.10. The predicted octanol–water partition coefficient (Wildman–Crippen LogP) is 2.03. The Hall–Kier alpha value is -1.08. The summed E-state index contributed by atoms with van der Waals surface area (Å²) < 4.78 is 6.19. The highest BCUT2D eigenvalue weighted by atomic mass is 79.9. The number of ether oxygens (including phenoxy) is 1. The molecule has 1 aromatic carbocycles. The van der Waals surface area contributed by atoms with Crippen molar-refractivity contribution in [1.82, 2.24) is 5.32 Å². The second kappa shape index (κ2) is 6.02. The molecular weight excluding hydrogens is 358 g/mol. The lowest BCUT2D eigenvalue weighted by atomic mass is 10.2. The highest BCUT2D eigenvalue weighted by Gasteiger charge is 2.13. The molecule has 2 N–H and O–H groups in total. The van der Waals surface area contributed by atoms with Crippen LogP contribution in [0.2, 0.25) is 0 Å². The van der Waals surface area contributed by atoms with Gasteiger partial charge in [-0.2, -0.15) is 0 Å². The van der Waals surface area contributed by atoms with Crippen molar-refractivity contribution in [2.45, 2.75) is 0 Å². The Labute approximate surface area is 114 Å². The number of carbonyl (C=O) groups is 2. The number of benzene rings is 1. The van der Waals surface area contributed by atoms with Gasteiger partial charge in [-0.1, -0.05) is 0 Å². The van der Waals surface area contributed by atoms with Gasteiger partial charge in [-0.25, -0.2) is 4.79 Å². The van der Waals surface area contributed by atoms with Crippen LogP contribution in [0.1, 0.15) is 10.4 Å². The van der Waals surface area contributed by atoms with Gasteiger partial charge in [-0.3, -0.25) is 4.79 Å². The highest BCUT2D eigenvalue weighted by molar-refractivity contribution is 9.11. The molecule has 0 saturated heterocycles. The fourth-order valence-electron chi connectivity index (χ4n) is 1.03. The zero-order valence-corrected chi connectivity index (χ0v) is 12.0. The normalized spacial score (nSPS) is 9.82. The van der Waals surface area contributed by atoms with Gasteiger partial charge in [-0.15, -0.1) is 0 Å². The first-order valence-electron chi connectivity index (χ1n) is 4.51. The first kappa shape index (κ1) is 14.0. The Morgan fingerprint density at radius 3 is 2.29 bits per heavy atom. The maximum absolute atomic E-state index is 11.0. The SMILES string of the molecule is CNC(=O)COc1c(Br)cc(C(=O)O)cc1Br. The van der Waals surface area contributed by atoms with Gasteiger partial charge in [0.25, 0.3) is 5.91 Å². The van der Waals surface area contributed by atoms with Crippen molar-refractivity contribution in [2.24, 2.45) is 0 Å². The maximum Gasteiger partial charge on any atom is 0.335 e. The first-order chi connectivity index (χ1) is 7.95. The lowest BCUT2D eigenvalue weighted by molar-refractivity contribution is -0.122. The van der Waals surface area contributed by atoms with E-state index in [0.717, 1.165) is 0 Å². The Morgan fingerprint density at radius 2 is 1.88 bits per heavy atom. The standard InChI is InChI=1S/C10H9Br2NO4/c1-13-8(14)4-17-9-6(11)2-5(10(15)16)3-7(9)12/h2-3H,4H2,1H3,(H,13,14)(H,15,16). The maximum atomic E-state index is 11.0. The molecule has 0 saturated carbocycles.